The van der Waals surface area contributed by atoms with Crippen LogP contribution in [0.4, 0.5) is 5.82 Å². The van der Waals surface area contributed by atoms with Crippen molar-refractivity contribution in [1.29, 1.82) is 0 Å². The summed E-state index contributed by atoms with van der Waals surface area (Å²) >= 11 is 0. The van der Waals surface area contributed by atoms with Crippen LogP contribution in [0, 0.1) is 6.92 Å². The summed E-state index contributed by atoms with van der Waals surface area (Å²) in [6.45, 7) is 3.39. The predicted molar refractivity (Wildman–Crippen MR) is 99.6 cm³/mol. The summed E-state index contributed by atoms with van der Waals surface area (Å²) in [7, 11) is 0. The molecule has 0 bridgehead atoms. The average Bonchev–Trinajstić information content (AvgIpc) is 3.07. The molecule has 1 unspecified atom stereocenters. The Bertz CT molecular complexity index is 904. The maximum atomic E-state index is 13.1. The Balaban J connectivity index is 1.62. The number of aromatic nitrogens is 1. The molecule has 1 aliphatic heterocycles. The van der Waals surface area contributed by atoms with Gasteiger partial charge < -0.3 is 9.84 Å². The average molecular weight is 347 g/mol. The van der Waals surface area contributed by atoms with E-state index in [0.29, 0.717) is 11.6 Å². The number of hydrogen-bond acceptors (Lipinski definition) is 4. The smallest absolute Gasteiger partial charge is 0.247 e. The van der Waals surface area contributed by atoms with Crippen molar-refractivity contribution in [3.8, 4) is 0 Å². The number of fused-ring (bicyclic) bond motifs is 1. The van der Waals surface area contributed by atoms with E-state index in [1.165, 1.54) is 11.1 Å². The number of nitrogens with zero attached hydrogens (tertiary/aromatic N) is 2. The normalized spacial score (nSPS) is 15.3. The Morgan fingerprint density at radius 2 is 1.85 bits per heavy atom. The number of amides is 1. The minimum Gasteiger partial charge on any atom is -0.360 e. The van der Waals surface area contributed by atoms with Crippen molar-refractivity contribution in [2.45, 2.75) is 25.9 Å². The lowest BCUT2D eigenvalue weighted by Gasteiger charge is -2.34. The van der Waals surface area contributed by atoms with Gasteiger partial charge in [0.25, 0.3) is 0 Å². The Kier molecular flexibility index (Phi) is 4.54. The molecule has 2 aromatic carbocycles. The van der Waals surface area contributed by atoms with Gasteiger partial charge in [-0.1, -0.05) is 59.8 Å². The predicted octanol–water partition coefficient (Wildman–Crippen LogP) is 3.72. The molecule has 0 radical (unpaired) electrons. The Morgan fingerprint density at radius 1 is 1.12 bits per heavy atom. The molecule has 0 saturated carbocycles. The first-order chi connectivity index (χ1) is 12.7. The zero-order valence-corrected chi connectivity index (χ0v) is 14.7. The van der Waals surface area contributed by atoms with Crippen molar-refractivity contribution in [1.82, 2.24) is 10.1 Å². The van der Waals surface area contributed by atoms with Gasteiger partial charge >= 0.3 is 0 Å². The highest BCUT2D eigenvalue weighted by molar-refractivity contribution is 5.94. The number of rotatable bonds is 4. The minimum absolute atomic E-state index is 0.0936. The molecule has 5 nitrogen and oxygen atoms in total. The lowest BCUT2D eigenvalue weighted by atomic mass is 9.96. The van der Waals surface area contributed by atoms with Gasteiger partial charge in [0, 0.05) is 19.2 Å². The molecular weight excluding hydrogens is 326 g/mol. The fourth-order valence-corrected chi connectivity index (χ4v) is 3.52. The molecule has 132 valence electrons. The van der Waals surface area contributed by atoms with Gasteiger partial charge in [0.1, 0.15) is 11.8 Å². The van der Waals surface area contributed by atoms with Gasteiger partial charge in [-0.15, -0.1) is 0 Å². The third-order valence-electron chi connectivity index (χ3n) is 4.77. The quantitative estimate of drug-likeness (QED) is 0.781. The molecule has 5 heteroatoms. The fourth-order valence-electron chi connectivity index (χ4n) is 3.52. The Labute approximate surface area is 152 Å². The number of hydrogen-bond donors (Lipinski definition) is 1. The molecule has 1 N–H and O–H groups in total. The van der Waals surface area contributed by atoms with Crippen LogP contribution in [0.15, 0.2) is 65.2 Å². The second-order valence-electron chi connectivity index (χ2n) is 6.61. The van der Waals surface area contributed by atoms with Gasteiger partial charge in [0.15, 0.2) is 5.82 Å². The van der Waals surface area contributed by atoms with E-state index in [0.717, 1.165) is 25.1 Å². The number of carbonyl (C=O) groups is 1. The molecule has 3 aromatic rings. The molecule has 0 fully saturated rings. The molecule has 1 amide bonds. The van der Waals surface area contributed by atoms with Gasteiger partial charge in [-0.2, -0.15) is 0 Å². The van der Waals surface area contributed by atoms with Crippen LogP contribution >= 0.6 is 0 Å². The zero-order chi connectivity index (χ0) is 17.9. The maximum Gasteiger partial charge on any atom is 0.247 e. The van der Waals surface area contributed by atoms with Crippen LogP contribution in [-0.2, 0) is 17.8 Å². The Hall–Kier alpha value is -2.92. The third-order valence-corrected chi connectivity index (χ3v) is 4.77. The summed E-state index contributed by atoms with van der Waals surface area (Å²) in [5, 5.41) is 6.78. The molecule has 0 spiro atoms. The van der Waals surface area contributed by atoms with Gasteiger partial charge in [-0.3, -0.25) is 9.69 Å². The van der Waals surface area contributed by atoms with Crippen LogP contribution in [0.5, 0.6) is 0 Å². The SMILES string of the molecule is Cc1cc(NC(=O)C(c2ccccc2)N2CCc3ccccc3C2)no1. The van der Waals surface area contributed by atoms with Gasteiger partial charge in [0.2, 0.25) is 5.91 Å². The van der Waals surface area contributed by atoms with E-state index >= 15 is 0 Å². The highest BCUT2D eigenvalue weighted by Crippen LogP contribution is 2.29. The number of carbonyl (C=O) groups excluding carboxylic acids is 1. The summed E-state index contributed by atoms with van der Waals surface area (Å²) in [4.78, 5) is 15.3. The van der Waals surface area contributed by atoms with E-state index in [1.54, 1.807) is 13.0 Å². The minimum atomic E-state index is -0.374. The van der Waals surface area contributed by atoms with E-state index in [1.807, 2.05) is 30.3 Å². The fraction of sp³-hybridized carbons (Fsp3) is 0.238. The first-order valence-corrected chi connectivity index (χ1v) is 8.80. The summed E-state index contributed by atoms with van der Waals surface area (Å²) in [6.07, 6.45) is 0.940. The van der Waals surface area contributed by atoms with Gasteiger partial charge in [-0.25, -0.2) is 0 Å². The topological polar surface area (TPSA) is 58.4 Å². The molecule has 1 aromatic heterocycles. The summed E-state index contributed by atoms with van der Waals surface area (Å²) in [5.74, 6) is 1.03. The first-order valence-electron chi connectivity index (χ1n) is 8.80. The second kappa shape index (κ2) is 7.14. The van der Waals surface area contributed by atoms with E-state index in [-0.39, 0.29) is 11.9 Å². The van der Waals surface area contributed by atoms with Crippen LogP contribution in [0.3, 0.4) is 0 Å². The van der Waals surface area contributed by atoms with Crippen molar-refractivity contribution in [2.75, 3.05) is 11.9 Å². The van der Waals surface area contributed by atoms with Crippen LogP contribution in [-0.4, -0.2) is 22.5 Å². The number of benzene rings is 2. The first kappa shape index (κ1) is 16.5. The highest BCUT2D eigenvalue weighted by Gasteiger charge is 2.30. The van der Waals surface area contributed by atoms with Crippen molar-refractivity contribution < 1.29 is 9.32 Å². The summed E-state index contributed by atoms with van der Waals surface area (Å²) < 4.78 is 5.06. The van der Waals surface area contributed by atoms with Crippen molar-refractivity contribution in [2.24, 2.45) is 0 Å². The molecule has 0 aliphatic carbocycles. The van der Waals surface area contributed by atoms with Crippen LogP contribution in [0.25, 0.3) is 0 Å². The number of anilines is 1. The van der Waals surface area contributed by atoms with E-state index in [2.05, 4.69) is 39.6 Å². The lowest BCUT2D eigenvalue weighted by molar-refractivity contribution is -0.122. The molecular formula is C21H21N3O2. The van der Waals surface area contributed by atoms with Gasteiger partial charge in [0.05, 0.1) is 0 Å². The molecule has 4 rings (SSSR count). The molecule has 1 aliphatic rings. The zero-order valence-electron chi connectivity index (χ0n) is 14.7. The van der Waals surface area contributed by atoms with Crippen molar-refractivity contribution in [3.05, 3.63) is 83.1 Å². The summed E-state index contributed by atoms with van der Waals surface area (Å²) in [5.41, 5.74) is 3.62. The van der Waals surface area contributed by atoms with Crippen LogP contribution in [0.2, 0.25) is 0 Å². The molecule has 26 heavy (non-hydrogen) atoms. The number of aryl methyl sites for hydroxylation is 1. The monoisotopic (exact) mass is 347 g/mol. The highest BCUT2D eigenvalue weighted by atomic mass is 16.5. The van der Waals surface area contributed by atoms with Crippen LogP contribution < -0.4 is 5.32 Å². The van der Waals surface area contributed by atoms with E-state index in [4.69, 9.17) is 4.52 Å². The number of nitrogens with one attached hydrogen (secondary N) is 1. The lowest BCUT2D eigenvalue weighted by Crippen LogP contribution is -2.40. The second-order valence-corrected chi connectivity index (χ2v) is 6.61. The Morgan fingerprint density at radius 3 is 2.58 bits per heavy atom. The third kappa shape index (κ3) is 3.39. The van der Waals surface area contributed by atoms with Crippen molar-refractivity contribution >= 4 is 11.7 Å². The van der Waals surface area contributed by atoms with Gasteiger partial charge in [-0.05, 0) is 30.0 Å². The molecule has 1 atom stereocenters. The van der Waals surface area contributed by atoms with E-state index < -0.39 is 0 Å². The van der Waals surface area contributed by atoms with E-state index in [9.17, 15) is 4.79 Å². The van der Waals surface area contributed by atoms with Crippen molar-refractivity contribution in [3.63, 3.8) is 0 Å². The maximum absolute atomic E-state index is 13.1. The molecule has 2 heterocycles. The molecule has 0 saturated heterocycles. The standard InChI is InChI=1S/C21H21N3O2/c1-15-13-19(23-26-15)22-21(25)20(17-8-3-2-4-9-17)24-12-11-16-7-5-6-10-18(16)14-24/h2-10,13,20H,11-12,14H2,1H3,(H,22,23,25). The largest absolute Gasteiger partial charge is 0.360 e. The van der Waals surface area contributed by atoms with Crippen LogP contribution in [0.1, 0.15) is 28.5 Å². The summed E-state index contributed by atoms with van der Waals surface area (Å²) in [6, 6.07) is 19.7.